The molecule has 2 N–H and O–H groups in total. The van der Waals surface area contributed by atoms with Crippen molar-refractivity contribution in [3.05, 3.63) is 96.7 Å². The quantitative estimate of drug-likeness (QED) is 0.429. The fourth-order valence-corrected chi connectivity index (χ4v) is 3.68. The molecule has 0 atom stereocenters. The number of methoxy groups -OCH3 is 1. The van der Waals surface area contributed by atoms with Gasteiger partial charge in [0.1, 0.15) is 5.75 Å². The van der Waals surface area contributed by atoms with Crippen LogP contribution in [0.1, 0.15) is 10.4 Å². The number of sulfonamides is 1. The zero-order chi connectivity index (χ0) is 20.7. The van der Waals surface area contributed by atoms with E-state index < -0.39 is 10.0 Å². The van der Waals surface area contributed by atoms with Gasteiger partial charge in [0.2, 0.25) is 0 Å². The minimum absolute atomic E-state index is 0.165. The number of hydrogen-bond donors (Lipinski definition) is 2. The average molecular weight is 408 g/mol. The molecule has 0 aliphatic carbocycles. The van der Waals surface area contributed by atoms with Gasteiger partial charge in [-0.3, -0.25) is 9.52 Å². The maximum absolute atomic E-state index is 12.6. The van der Waals surface area contributed by atoms with Crippen molar-refractivity contribution >= 4 is 27.2 Å². The van der Waals surface area contributed by atoms with Crippen LogP contribution in [0.2, 0.25) is 0 Å². The molecule has 0 heterocycles. The van der Waals surface area contributed by atoms with Crippen LogP contribution >= 0.6 is 0 Å². The van der Waals surface area contributed by atoms with Crippen molar-refractivity contribution in [3.63, 3.8) is 0 Å². The summed E-state index contributed by atoms with van der Waals surface area (Å²) in [6.45, 7) is 0. The number of hydrogen-bond acceptors (Lipinski definition) is 5. The third-order valence-electron chi connectivity index (χ3n) is 4.05. The fraction of sp³-hybridized carbons (Fsp3) is 0.0455. The van der Waals surface area contributed by atoms with E-state index in [1.807, 2.05) is 0 Å². The number of ketones is 1. The number of ether oxygens (including phenoxy) is 1. The van der Waals surface area contributed by atoms with Gasteiger partial charge in [-0.05, 0) is 36.4 Å². The second-order valence-corrected chi connectivity index (χ2v) is 7.72. The second-order valence-electron chi connectivity index (χ2n) is 6.04. The lowest BCUT2D eigenvalue weighted by molar-refractivity contribution is 0.104. The van der Waals surface area contributed by atoms with Crippen LogP contribution in [0.3, 0.4) is 0 Å². The van der Waals surface area contributed by atoms with Gasteiger partial charge in [0.15, 0.2) is 5.78 Å². The van der Waals surface area contributed by atoms with Gasteiger partial charge in [0, 0.05) is 17.8 Å². The Morgan fingerprint density at radius 1 is 0.897 bits per heavy atom. The van der Waals surface area contributed by atoms with E-state index in [2.05, 4.69) is 10.0 Å². The molecule has 29 heavy (non-hydrogen) atoms. The summed E-state index contributed by atoms with van der Waals surface area (Å²) in [5.74, 6) is 0.386. The molecular weight excluding hydrogens is 388 g/mol. The van der Waals surface area contributed by atoms with Crippen molar-refractivity contribution in [1.82, 2.24) is 0 Å². The van der Waals surface area contributed by atoms with E-state index in [0.29, 0.717) is 22.7 Å². The summed E-state index contributed by atoms with van der Waals surface area (Å²) in [5, 5.41) is 2.96. The van der Waals surface area contributed by atoms with E-state index in [1.165, 1.54) is 31.5 Å². The summed E-state index contributed by atoms with van der Waals surface area (Å²) in [6, 6.07) is 21.8. The fourth-order valence-electron chi connectivity index (χ4n) is 2.58. The van der Waals surface area contributed by atoms with Crippen molar-refractivity contribution in [3.8, 4) is 5.75 Å². The van der Waals surface area contributed by atoms with Crippen LogP contribution in [0, 0.1) is 0 Å². The Balaban J connectivity index is 1.74. The zero-order valence-electron chi connectivity index (χ0n) is 15.7. The van der Waals surface area contributed by atoms with Crippen LogP contribution in [0.15, 0.2) is 96.0 Å². The minimum atomic E-state index is -3.72. The molecule has 3 aromatic rings. The Morgan fingerprint density at radius 3 is 2.31 bits per heavy atom. The molecule has 0 bridgehead atoms. The topological polar surface area (TPSA) is 84.5 Å². The van der Waals surface area contributed by atoms with E-state index in [9.17, 15) is 13.2 Å². The zero-order valence-corrected chi connectivity index (χ0v) is 16.5. The number of carbonyl (C=O) groups excluding carboxylic acids is 1. The van der Waals surface area contributed by atoms with Gasteiger partial charge < -0.3 is 10.1 Å². The smallest absolute Gasteiger partial charge is 0.261 e. The molecule has 3 rings (SSSR count). The van der Waals surface area contributed by atoms with Crippen LogP contribution in [0.5, 0.6) is 5.75 Å². The highest BCUT2D eigenvalue weighted by atomic mass is 32.2. The van der Waals surface area contributed by atoms with Crippen molar-refractivity contribution in [2.24, 2.45) is 0 Å². The van der Waals surface area contributed by atoms with Crippen molar-refractivity contribution in [2.75, 3.05) is 17.1 Å². The number of allylic oxidation sites excluding steroid dienone is 1. The number of rotatable bonds is 8. The van der Waals surface area contributed by atoms with Gasteiger partial charge >= 0.3 is 0 Å². The van der Waals surface area contributed by atoms with Crippen LogP contribution in [0.4, 0.5) is 11.4 Å². The summed E-state index contributed by atoms with van der Waals surface area (Å²) >= 11 is 0. The largest absolute Gasteiger partial charge is 0.497 e. The average Bonchev–Trinajstić information content (AvgIpc) is 2.75. The molecule has 7 heteroatoms. The number of anilines is 2. The van der Waals surface area contributed by atoms with Gasteiger partial charge in [-0.15, -0.1) is 0 Å². The molecule has 0 saturated carbocycles. The molecule has 0 aliphatic heterocycles. The summed E-state index contributed by atoms with van der Waals surface area (Å²) in [6.07, 6.45) is 2.84. The van der Waals surface area contributed by atoms with E-state index in [-0.39, 0.29) is 10.7 Å². The summed E-state index contributed by atoms with van der Waals surface area (Å²) in [5.41, 5.74) is 1.37. The van der Waals surface area contributed by atoms with Crippen molar-refractivity contribution in [1.29, 1.82) is 0 Å². The first-order valence-corrected chi connectivity index (χ1v) is 10.3. The Labute approximate surface area is 169 Å². The highest BCUT2D eigenvalue weighted by molar-refractivity contribution is 7.92. The number of para-hydroxylation sites is 2. The molecule has 6 nitrogen and oxygen atoms in total. The SMILES string of the molecule is COc1cccc(C(=O)C=CNc2ccccc2NS(=O)(=O)c2ccccc2)c1. The molecule has 0 aliphatic rings. The van der Waals surface area contributed by atoms with Crippen LogP contribution in [-0.2, 0) is 10.0 Å². The summed E-state index contributed by atoms with van der Waals surface area (Å²) in [7, 11) is -2.19. The third-order valence-corrected chi connectivity index (χ3v) is 5.43. The number of benzene rings is 3. The maximum atomic E-state index is 12.6. The Hall–Kier alpha value is -3.58. The normalized spacial score (nSPS) is 11.2. The van der Waals surface area contributed by atoms with E-state index in [0.717, 1.165) is 0 Å². The second kappa shape index (κ2) is 9.07. The van der Waals surface area contributed by atoms with E-state index in [1.54, 1.807) is 66.7 Å². The molecule has 0 aromatic heterocycles. The van der Waals surface area contributed by atoms with Crippen LogP contribution < -0.4 is 14.8 Å². The van der Waals surface area contributed by atoms with E-state index >= 15 is 0 Å². The molecule has 148 valence electrons. The third kappa shape index (κ3) is 5.24. The van der Waals surface area contributed by atoms with Gasteiger partial charge in [-0.1, -0.05) is 42.5 Å². The van der Waals surface area contributed by atoms with Gasteiger partial charge in [-0.2, -0.15) is 0 Å². The van der Waals surface area contributed by atoms with Crippen LogP contribution in [-0.4, -0.2) is 21.3 Å². The standard InChI is InChI=1S/C22H20N2O4S/c1-28-18-9-7-8-17(16-18)22(25)14-15-23-20-12-5-6-13-21(20)24-29(26,27)19-10-3-2-4-11-19/h2-16,23-24H,1H3. The monoisotopic (exact) mass is 408 g/mol. The minimum Gasteiger partial charge on any atom is -0.497 e. The summed E-state index contributed by atoms with van der Waals surface area (Å²) in [4.78, 5) is 12.5. The molecule has 0 saturated heterocycles. The lowest BCUT2D eigenvalue weighted by atomic mass is 10.1. The number of carbonyl (C=O) groups is 1. The van der Waals surface area contributed by atoms with Crippen LogP contribution in [0.25, 0.3) is 0 Å². The Kier molecular flexibility index (Phi) is 6.31. The number of nitrogens with one attached hydrogen (secondary N) is 2. The Bertz CT molecular complexity index is 1130. The lowest BCUT2D eigenvalue weighted by Gasteiger charge is -2.12. The van der Waals surface area contributed by atoms with Crippen molar-refractivity contribution < 1.29 is 17.9 Å². The predicted molar refractivity (Wildman–Crippen MR) is 114 cm³/mol. The molecule has 3 aromatic carbocycles. The Morgan fingerprint density at radius 2 is 1.59 bits per heavy atom. The molecule has 0 spiro atoms. The highest BCUT2D eigenvalue weighted by Crippen LogP contribution is 2.24. The van der Waals surface area contributed by atoms with Gasteiger partial charge in [-0.25, -0.2) is 8.42 Å². The lowest BCUT2D eigenvalue weighted by Crippen LogP contribution is -2.13. The first-order valence-electron chi connectivity index (χ1n) is 8.78. The maximum Gasteiger partial charge on any atom is 0.261 e. The molecule has 0 radical (unpaired) electrons. The molecule has 0 unspecified atom stereocenters. The summed E-state index contributed by atoms with van der Waals surface area (Å²) < 4.78 is 32.8. The van der Waals surface area contributed by atoms with Crippen molar-refractivity contribution in [2.45, 2.75) is 4.90 Å². The first-order chi connectivity index (χ1) is 14.0. The highest BCUT2D eigenvalue weighted by Gasteiger charge is 2.15. The van der Waals surface area contributed by atoms with E-state index in [4.69, 9.17) is 4.74 Å². The predicted octanol–water partition coefficient (Wildman–Crippen LogP) is 4.30. The first kappa shape index (κ1) is 20.2. The van der Waals surface area contributed by atoms with Gasteiger partial charge in [0.05, 0.1) is 23.4 Å². The molecule has 0 fully saturated rings. The van der Waals surface area contributed by atoms with Gasteiger partial charge in [0.25, 0.3) is 10.0 Å². The molecule has 0 amide bonds. The molecular formula is C22H20N2O4S.